The van der Waals surface area contributed by atoms with Crippen molar-refractivity contribution in [2.45, 2.75) is 39.5 Å². The lowest BCUT2D eigenvalue weighted by atomic mass is 9.95. The van der Waals surface area contributed by atoms with E-state index in [0.29, 0.717) is 35.5 Å². The second kappa shape index (κ2) is 14.0. The van der Waals surface area contributed by atoms with Crippen molar-refractivity contribution < 1.29 is 33.4 Å². The highest BCUT2D eigenvalue weighted by Crippen LogP contribution is 2.38. The molecule has 5 rings (SSSR count). The molecule has 11 heteroatoms. The molecule has 0 atom stereocenters. The van der Waals surface area contributed by atoms with Crippen molar-refractivity contribution in [3.8, 4) is 11.5 Å². The number of benzene rings is 3. The summed E-state index contributed by atoms with van der Waals surface area (Å²) in [6.07, 6.45) is 4.76. The number of carbonyl (C=O) groups excluding carboxylic acids is 4. The molecule has 0 radical (unpaired) electrons. The number of amides is 2. The smallest absolute Gasteiger partial charge is 0.343 e. The molecule has 44 heavy (non-hydrogen) atoms. The fourth-order valence-corrected chi connectivity index (χ4v) is 6.22. The Kier molecular flexibility index (Phi) is 9.65. The summed E-state index contributed by atoms with van der Waals surface area (Å²) in [6, 6.07) is 17.4. The van der Waals surface area contributed by atoms with Crippen LogP contribution < -0.4 is 20.2 Å². The van der Waals surface area contributed by atoms with Crippen molar-refractivity contribution in [1.82, 2.24) is 5.43 Å². The molecule has 2 amide bonds. The van der Waals surface area contributed by atoms with Crippen molar-refractivity contribution in [3.63, 3.8) is 0 Å². The number of carbonyl (C=O) groups is 4. The number of thiophene rings is 1. The maximum atomic E-state index is 12.9. The van der Waals surface area contributed by atoms with Gasteiger partial charge in [-0.15, -0.1) is 11.3 Å². The third kappa shape index (κ3) is 6.78. The Morgan fingerprint density at radius 3 is 2.43 bits per heavy atom. The SMILES string of the molecule is CCOC(=O)c1c(NC(=O)C(=O)N/N=C\c2c(OC(=O)c3ccc(OCC)cc3)ccc3ccccc23)sc2c1CCCC2. The highest BCUT2D eigenvalue weighted by molar-refractivity contribution is 7.17. The first-order valence-electron chi connectivity index (χ1n) is 14.3. The zero-order valence-corrected chi connectivity index (χ0v) is 25.1. The van der Waals surface area contributed by atoms with Crippen LogP contribution in [0.2, 0.25) is 0 Å². The Balaban J connectivity index is 1.33. The van der Waals surface area contributed by atoms with Crippen molar-refractivity contribution in [3.05, 3.63) is 87.8 Å². The topological polar surface area (TPSA) is 132 Å². The Morgan fingerprint density at radius 2 is 1.66 bits per heavy atom. The number of esters is 2. The molecular weight excluding hydrogens is 582 g/mol. The molecule has 226 valence electrons. The maximum absolute atomic E-state index is 12.9. The van der Waals surface area contributed by atoms with Crippen molar-refractivity contribution in [2.75, 3.05) is 18.5 Å². The monoisotopic (exact) mass is 613 g/mol. The van der Waals surface area contributed by atoms with Gasteiger partial charge in [-0.2, -0.15) is 5.10 Å². The van der Waals surface area contributed by atoms with Crippen molar-refractivity contribution in [1.29, 1.82) is 0 Å². The standard InChI is InChI=1S/C33H31N3O7S/c1-3-41-22-16-13-21(14-17-22)32(39)43-26-18-15-20-9-5-6-10-23(20)25(26)19-34-36-30(38)29(37)35-31-28(33(40)42-4-2)24-11-7-8-12-27(24)44-31/h5-6,9-10,13-19H,3-4,7-8,11-12H2,1-2H3,(H,35,37)(H,36,38)/b34-19-. The summed E-state index contributed by atoms with van der Waals surface area (Å²) in [5.41, 5.74) is 4.17. The molecule has 0 bridgehead atoms. The lowest BCUT2D eigenvalue weighted by molar-refractivity contribution is -0.136. The Labute approximate surface area is 258 Å². The van der Waals surface area contributed by atoms with E-state index < -0.39 is 23.8 Å². The molecule has 1 heterocycles. The number of rotatable bonds is 9. The number of hydrogen-bond acceptors (Lipinski definition) is 9. The van der Waals surface area contributed by atoms with E-state index in [9.17, 15) is 19.2 Å². The normalized spacial score (nSPS) is 12.4. The Bertz CT molecular complexity index is 1740. The van der Waals surface area contributed by atoms with Crippen LogP contribution in [-0.4, -0.2) is 43.2 Å². The van der Waals surface area contributed by atoms with Crippen molar-refractivity contribution >= 4 is 57.1 Å². The molecule has 2 N–H and O–H groups in total. The van der Waals surface area contributed by atoms with Crippen LogP contribution in [0.4, 0.5) is 5.00 Å². The van der Waals surface area contributed by atoms with E-state index in [1.807, 2.05) is 31.2 Å². The van der Waals surface area contributed by atoms with Gasteiger partial charge in [0.25, 0.3) is 0 Å². The molecule has 0 spiro atoms. The first kappa shape index (κ1) is 30.4. The van der Waals surface area contributed by atoms with Crippen LogP contribution in [0.25, 0.3) is 10.8 Å². The minimum absolute atomic E-state index is 0.192. The van der Waals surface area contributed by atoms with E-state index in [0.717, 1.165) is 40.5 Å². The summed E-state index contributed by atoms with van der Waals surface area (Å²) in [4.78, 5) is 52.2. The highest BCUT2D eigenvalue weighted by Gasteiger charge is 2.28. The van der Waals surface area contributed by atoms with E-state index in [1.165, 1.54) is 17.6 Å². The van der Waals surface area contributed by atoms with Gasteiger partial charge in [-0.05, 0) is 86.2 Å². The summed E-state index contributed by atoms with van der Waals surface area (Å²) >= 11 is 1.29. The quantitative estimate of drug-likeness (QED) is 0.0818. The Morgan fingerprint density at radius 1 is 0.886 bits per heavy atom. The number of nitrogens with one attached hydrogen (secondary N) is 2. The number of fused-ring (bicyclic) bond motifs is 2. The third-order valence-electron chi connectivity index (χ3n) is 6.98. The highest BCUT2D eigenvalue weighted by atomic mass is 32.1. The van der Waals surface area contributed by atoms with Gasteiger partial charge in [-0.25, -0.2) is 15.0 Å². The van der Waals surface area contributed by atoms with Crippen LogP contribution in [0.3, 0.4) is 0 Å². The predicted octanol–water partition coefficient (Wildman–Crippen LogP) is 5.66. The summed E-state index contributed by atoms with van der Waals surface area (Å²) in [6.45, 7) is 4.28. The largest absolute Gasteiger partial charge is 0.494 e. The van der Waals surface area contributed by atoms with E-state index >= 15 is 0 Å². The Hall–Kier alpha value is -5.03. The van der Waals surface area contributed by atoms with Crippen LogP contribution in [-0.2, 0) is 27.2 Å². The van der Waals surface area contributed by atoms with Gasteiger partial charge in [-0.3, -0.25) is 9.59 Å². The molecule has 3 aromatic carbocycles. The molecule has 1 aliphatic rings. The van der Waals surface area contributed by atoms with E-state index in [1.54, 1.807) is 43.3 Å². The second-order valence-electron chi connectivity index (χ2n) is 9.83. The molecule has 1 aliphatic carbocycles. The summed E-state index contributed by atoms with van der Waals surface area (Å²) in [5, 5.41) is 8.43. The number of hydrogen-bond donors (Lipinski definition) is 2. The van der Waals surface area contributed by atoms with Crippen LogP contribution in [0.5, 0.6) is 11.5 Å². The molecule has 1 aromatic heterocycles. The number of nitrogens with zero attached hydrogens (tertiary/aromatic N) is 1. The van der Waals surface area contributed by atoms with Gasteiger partial charge in [0.15, 0.2) is 0 Å². The molecule has 10 nitrogen and oxygen atoms in total. The van der Waals surface area contributed by atoms with Crippen LogP contribution >= 0.6 is 11.3 Å². The fourth-order valence-electron chi connectivity index (χ4n) is 4.95. The number of hydrazone groups is 1. The molecule has 0 unspecified atom stereocenters. The second-order valence-corrected chi connectivity index (χ2v) is 10.9. The zero-order chi connectivity index (χ0) is 31.1. The average molecular weight is 614 g/mol. The summed E-state index contributed by atoms with van der Waals surface area (Å²) < 4.78 is 16.4. The van der Waals surface area contributed by atoms with Crippen LogP contribution in [0.1, 0.15) is 63.4 Å². The average Bonchev–Trinajstić information content (AvgIpc) is 3.40. The minimum Gasteiger partial charge on any atom is -0.494 e. The fraction of sp³-hybridized carbons (Fsp3) is 0.242. The summed E-state index contributed by atoms with van der Waals surface area (Å²) in [7, 11) is 0. The van der Waals surface area contributed by atoms with Gasteiger partial charge in [0.2, 0.25) is 0 Å². The zero-order valence-electron chi connectivity index (χ0n) is 24.3. The molecule has 0 fully saturated rings. The minimum atomic E-state index is -1.03. The third-order valence-corrected chi connectivity index (χ3v) is 8.19. The molecule has 0 aliphatic heterocycles. The maximum Gasteiger partial charge on any atom is 0.343 e. The predicted molar refractivity (Wildman–Crippen MR) is 168 cm³/mol. The number of aryl methyl sites for hydroxylation is 1. The van der Waals surface area contributed by atoms with Crippen LogP contribution in [0, 0.1) is 0 Å². The van der Waals surface area contributed by atoms with Gasteiger partial charge < -0.3 is 19.5 Å². The lowest BCUT2D eigenvalue weighted by Crippen LogP contribution is -2.32. The summed E-state index contributed by atoms with van der Waals surface area (Å²) in [5.74, 6) is -2.27. The molecular formula is C33H31N3O7S. The number of anilines is 1. The van der Waals surface area contributed by atoms with Crippen molar-refractivity contribution in [2.24, 2.45) is 5.10 Å². The lowest BCUT2D eigenvalue weighted by Gasteiger charge is -2.12. The van der Waals surface area contributed by atoms with E-state index in [-0.39, 0.29) is 17.4 Å². The van der Waals surface area contributed by atoms with Crippen LogP contribution in [0.15, 0.2) is 65.8 Å². The number of ether oxygens (including phenoxy) is 3. The van der Waals surface area contributed by atoms with Gasteiger partial charge in [0, 0.05) is 10.4 Å². The molecule has 4 aromatic rings. The molecule has 0 saturated carbocycles. The van der Waals surface area contributed by atoms with Gasteiger partial charge in [0.05, 0.1) is 30.6 Å². The van der Waals surface area contributed by atoms with E-state index in [4.69, 9.17) is 14.2 Å². The first-order valence-corrected chi connectivity index (χ1v) is 15.1. The first-order chi connectivity index (χ1) is 21.4. The van der Waals surface area contributed by atoms with Gasteiger partial charge in [0.1, 0.15) is 16.5 Å². The van der Waals surface area contributed by atoms with E-state index in [2.05, 4.69) is 15.8 Å². The molecule has 0 saturated heterocycles. The van der Waals surface area contributed by atoms with Gasteiger partial charge >= 0.3 is 23.8 Å². The van der Waals surface area contributed by atoms with Gasteiger partial charge in [-0.1, -0.05) is 30.3 Å².